The van der Waals surface area contributed by atoms with Crippen LogP contribution in [0.5, 0.6) is 5.75 Å². The molecule has 0 radical (unpaired) electrons. The first-order chi connectivity index (χ1) is 15.7. The highest BCUT2D eigenvalue weighted by atomic mass is 16.5. The van der Waals surface area contributed by atoms with Crippen molar-refractivity contribution in [3.63, 3.8) is 0 Å². The number of piperidine rings is 1. The SMILES string of the molecule is COc1cccc(-c2cncc([C@H]3CCCN(C(=O)Cc4c[nH]c5ccccc45)C3)n2)c1. The number of likely N-dealkylation sites (tertiary alicyclic amines) is 1. The molecule has 0 aliphatic carbocycles. The first-order valence-corrected chi connectivity index (χ1v) is 11.0. The third-order valence-corrected chi connectivity index (χ3v) is 6.23. The van der Waals surface area contributed by atoms with E-state index in [1.807, 2.05) is 59.8 Å². The Morgan fingerprint density at radius 3 is 3.00 bits per heavy atom. The van der Waals surface area contributed by atoms with Gasteiger partial charge in [-0.15, -0.1) is 0 Å². The maximum atomic E-state index is 13.1. The van der Waals surface area contributed by atoms with Gasteiger partial charge in [0.05, 0.1) is 31.1 Å². The van der Waals surface area contributed by atoms with Crippen LogP contribution in [0.1, 0.15) is 30.0 Å². The molecule has 0 unspecified atom stereocenters. The summed E-state index contributed by atoms with van der Waals surface area (Å²) in [5, 5.41) is 1.12. The first kappa shape index (κ1) is 20.2. The van der Waals surface area contributed by atoms with Crippen molar-refractivity contribution in [2.45, 2.75) is 25.2 Å². The molecule has 1 fully saturated rings. The number of nitrogens with one attached hydrogen (secondary N) is 1. The Morgan fingerprint density at radius 1 is 1.19 bits per heavy atom. The number of aromatic amines is 1. The lowest BCUT2D eigenvalue weighted by Crippen LogP contribution is -2.40. The molecule has 1 saturated heterocycles. The summed E-state index contributed by atoms with van der Waals surface area (Å²) in [6, 6.07) is 15.9. The van der Waals surface area contributed by atoms with Crippen LogP contribution in [0.2, 0.25) is 0 Å². The molecule has 32 heavy (non-hydrogen) atoms. The van der Waals surface area contributed by atoms with Crippen LogP contribution in [0.4, 0.5) is 0 Å². The molecular weight excluding hydrogens is 400 g/mol. The molecule has 6 heteroatoms. The van der Waals surface area contributed by atoms with E-state index in [2.05, 4.69) is 16.0 Å². The molecule has 0 saturated carbocycles. The van der Waals surface area contributed by atoms with Crippen molar-refractivity contribution in [1.82, 2.24) is 19.9 Å². The quantitative estimate of drug-likeness (QED) is 0.507. The van der Waals surface area contributed by atoms with Crippen LogP contribution >= 0.6 is 0 Å². The minimum atomic E-state index is 0.163. The number of nitrogens with zero attached hydrogens (tertiary/aromatic N) is 3. The third kappa shape index (κ3) is 4.08. The van der Waals surface area contributed by atoms with Crippen LogP contribution < -0.4 is 4.74 Å². The summed E-state index contributed by atoms with van der Waals surface area (Å²) in [6.45, 7) is 1.47. The first-order valence-electron chi connectivity index (χ1n) is 11.0. The van der Waals surface area contributed by atoms with Gasteiger partial charge in [-0.2, -0.15) is 0 Å². The van der Waals surface area contributed by atoms with Crippen LogP contribution in [-0.2, 0) is 11.2 Å². The average molecular weight is 427 g/mol. The van der Waals surface area contributed by atoms with Gasteiger partial charge < -0.3 is 14.6 Å². The average Bonchev–Trinajstić information content (AvgIpc) is 3.27. The van der Waals surface area contributed by atoms with E-state index in [-0.39, 0.29) is 11.8 Å². The number of H-pyrrole nitrogens is 1. The maximum Gasteiger partial charge on any atom is 0.227 e. The molecule has 1 N–H and O–H groups in total. The van der Waals surface area contributed by atoms with Gasteiger partial charge in [-0.1, -0.05) is 30.3 Å². The van der Waals surface area contributed by atoms with Gasteiger partial charge in [0.25, 0.3) is 0 Å². The second-order valence-corrected chi connectivity index (χ2v) is 8.28. The van der Waals surface area contributed by atoms with Crippen molar-refractivity contribution in [3.05, 3.63) is 78.4 Å². The Balaban J connectivity index is 1.32. The maximum absolute atomic E-state index is 13.1. The zero-order valence-electron chi connectivity index (χ0n) is 18.1. The Bertz CT molecular complexity index is 1250. The van der Waals surface area contributed by atoms with Crippen molar-refractivity contribution in [3.8, 4) is 17.0 Å². The van der Waals surface area contributed by atoms with E-state index in [0.717, 1.165) is 58.6 Å². The number of carbonyl (C=O) groups is 1. The molecule has 1 atom stereocenters. The zero-order valence-corrected chi connectivity index (χ0v) is 18.1. The number of para-hydroxylation sites is 1. The van der Waals surface area contributed by atoms with Gasteiger partial charge in [0.2, 0.25) is 5.91 Å². The van der Waals surface area contributed by atoms with E-state index in [1.165, 1.54) is 0 Å². The number of aromatic nitrogens is 3. The van der Waals surface area contributed by atoms with Crippen molar-refractivity contribution < 1.29 is 9.53 Å². The van der Waals surface area contributed by atoms with E-state index in [0.29, 0.717) is 13.0 Å². The van der Waals surface area contributed by atoms with Crippen LogP contribution in [0.25, 0.3) is 22.2 Å². The second kappa shape index (κ2) is 8.83. The number of fused-ring (bicyclic) bond motifs is 1. The van der Waals surface area contributed by atoms with Gasteiger partial charge in [-0.05, 0) is 36.6 Å². The fraction of sp³-hybridized carbons (Fsp3) is 0.269. The van der Waals surface area contributed by atoms with E-state index in [4.69, 9.17) is 9.72 Å². The van der Waals surface area contributed by atoms with Crippen molar-refractivity contribution in [1.29, 1.82) is 0 Å². The van der Waals surface area contributed by atoms with Crippen LogP contribution in [0.15, 0.2) is 67.1 Å². The number of rotatable bonds is 5. The third-order valence-electron chi connectivity index (χ3n) is 6.23. The Kier molecular flexibility index (Phi) is 5.58. The van der Waals surface area contributed by atoms with Gasteiger partial charge in [0, 0.05) is 47.9 Å². The van der Waals surface area contributed by atoms with E-state index >= 15 is 0 Å². The molecule has 162 valence electrons. The predicted octanol–water partition coefficient (Wildman–Crippen LogP) is 4.58. The molecular formula is C26H26N4O2. The number of methoxy groups -OCH3 is 1. The van der Waals surface area contributed by atoms with E-state index < -0.39 is 0 Å². The lowest BCUT2D eigenvalue weighted by molar-refractivity contribution is -0.131. The summed E-state index contributed by atoms with van der Waals surface area (Å²) in [5.41, 5.74) is 4.85. The van der Waals surface area contributed by atoms with Crippen molar-refractivity contribution >= 4 is 16.8 Å². The van der Waals surface area contributed by atoms with E-state index in [1.54, 1.807) is 13.3 Å². The highest BCUT2D eigenvalue weighted by Crippen LogP contribution is 2.29. The fourth-order valence-corrected chi connectivity index (χ4v) is 4.50. The summed E-state index contributed by atoms with van der Waals surface area (Å²) >= 11 is 0. The van der Waals surface area contributed by atoms with Gasteiger partial charge in [-0.3, -0.25) is 9.78 Å². The fourth-order valence-electron chi connectivity index (χ4n) is 4.50. The smallest absolute Gasteiger partial charge is 0.227 e. The van der Waals surface area contributed by atoms with Gasteiger partial charge in [-0.25, -0.2) is 4.98 Å². The van der Waals surface area contributed by atoms with Crippen molar-refractivity contribution in [2.24, 2.45) is 0 Å². The molecule has 1 amide bonds. The minimum Gasteiger partial charge on any atom is -0.497 e. The normalized spacial score (nSPS) is 16.3. The molecule has 5 rings (SSSR count). The number of hydrogen-bond acceptors (Lipinski definition) is 4. The number of carbonyl (C=O) groups excluding carboxylic acids is 1. The molecule has 2 aromatic carbocycles. The van der Waals surface area contributed by atoms with Crippen LogP contribution in [-0.4, -0.2) is 46.0 Å². The molecule has 3 heterocycles. The molecule has 1 aliphatic rings. The number of ether oxygens (including phenoxy) is 1. The summed E-state index contributed by atoms with van der Waals surface area (Å²) in [6.07, 6.45) is 7.95. The molecule has 2 aromatic heterocycles. The van der Waals surface area contributed by atoms with Gasteiger partial charge in [0.15, 0.2) is 0 Å². The second-order valence-electron chi connectivity index (χ2n) is 8.28. The van der Waals surface area contributed by atoms with E-state index in [9.17, 15) is 4.79 Å². The molecule has 0 spiro atoms. The van der Waals surface area contributed by atoms with Gasteiger partial charge >= 0.3 is 0 Å². The highest BCUT2D eigenvalue weighted by molar-refractivity contribution is 5.89. The lowest BCUT2D eigenvalue weighted by Gasteiger charge is -2.32. The molecule has 0 bridgehead atoms. The monoisotopic (exact) mass is 426 g/mol. The molecule has 4 aromatic rings. The molecule has 1 aliphatic heterocycles. The number of amides is 1. The standard InChI is InChI=1S/C26H26N4O2/c1-32-21-8-4-6-18(12-21)24-15-27-16-25(29-24)19-7-5-11-30(17-19)26(31)13-20-14-28-23-10-3-2-9-22(20)23/h2-4,6,8-10,12,14-16,19,28H,5,7,11,13,17H2,1H3/t19-/m0/s1. The van der Waals surface area contributed by atoms with Gasteiger partial charge in [0.1, 0.15) is 5.75 Å². The number of hydrogen-bond donors (Lipinski definition) is 1. The van der Waals surface area contributed by atoms with Crippen LogP contribution in [0.3, 0.4) is 0 Å². The number of benzene rings is 2. The molecule has 6 nitrogen and oxygen atoms in total. The summed E-state index contributed by atoms with van der Waals surface area (Å²) in [5.74, 6) is 1.14. The lowest BCUT2D eigenvalue weighted by atomic mass is 9.94. The van der Waals surface area contributed by atoms with Crippen LogP contribution in [0, 0.1) is 0 Å². The Morgan fingerprint density at radius 2 is 2.09 bits per heavy atom. The predicted molar refractivity (Wildman–Crippen MR) is 125 cm³/mol. The summed E-state index contributed by atoms with van der Waals surface area (Å²) in [7, 11) is 1.66. The Labute approximate surface area is 187 Å². The van der Waals surface area contributed by atoms with Crippen molar-refractivity contribution in [2.75, 3.05) is 20.2 Å². The zero-order chi connectivity index (χ0) is 21.9. The summed E-state index contributed by atoms with van der Waals surface area (Å²) < 4.78 is 5.34. The summed E-state index contributed by atoms with van der Waals surface area (Å²) in [4.78, 5) is 27.7. The topological polar surface area (TPSA) is 71.1 Å². The highest BCUT2D eigenvalue weighted by Gasteiger charge is 2.26. The Hall–Kier alpha value is -3.67. The minimum absolute atomic E-state index is 0.163. The largest absolute Gasteiger partial charge is 0.497 e.